The van der Waals surface area contributed by atoms with Gasteiger partial charge in [-0.3, -0.25) is 0 Å². The molecule has 0 saturated heterocycles. The molecule has 0 radical (unpaired) electrons. The lowest BCUT2D eigenvalue weighted by molar-refractivity contribution is 0.426. The molecule has 0 atom stereocenters. The fraction of sp³-hybridized carbons (Fsp3) is 0. The molecule has 140 heavy (non-hydrogen) atoms. The monoisotopic (exact) mass is 1850 g/mol. The molecule has 0 amide bonds. The minimum atomic E-state index is -1.48. The van der Waals surface area contributed by atoms with Crippen LogP contribution in [-0.4, -0.2) is 35.4 Å². The Bertz CT molecular complexity index is 9080. The fourth-order valence-corrected chi connectivity index (χ4v) is 21.7. The van der Waals surface area contributed by atoms with Crippen molar-refractivity contribution in [1.29, 1.82) is 0 Å². The van der Waals surface area contributed by atoms with Gasteiger partial charge in [0.05, 0.1) is 44.1 Å². The minimum Gasteiger partial charge on any atom is -0.423 e. The minimum absolute atomic E-state index is 0.494. The first kappa shape index (κ1) is 85.4. The third-order valence-corrected chi connectivity index (χ3v) is 27.8. The number of aromatic nitrogens is 4. The van der Waals surface area contributed by atoms with Gasteiger partial charge in [0.25, 0.3) is 0 Å². The van der Waals surface area contributed by atoms with Crippen LogP contribution in [0.25, 0.3) is 232 Å². The molecule has 2 N–H and O–H groups in total. The second-order valence-electron chi connectivity index (χ2n) is 35.5. The summed E-state index contributed by atoms with van der Waals surface area (Å²) in [5, 5.41) is 28.6. The molecule has 22 aromatic carbocycles. The summed E-state index contributed by atoms with van der Waals surface area (Å²) in [5.74, 6) is 0. The molecule has 0 bridgehead atoms. The standard InChI is InChI=1S/C66H44N2.C42H28BrN.C24H18BNO2/c1-7-22-45(23-8-1)50-32-21-35-54(42-50)67-58-37-20-19-36-55(58)56-43-51(38-40-59(56)67)52-39-41-60-57(44-52)65-63(48-28-13-4-14-29-48)61(46-24-9-2-10-25-46)62(47-26-11-3-12-27-47)64(49-30-15-5-16-31-49)66(65)68(60)53-33-17-6-18-34-53;43-33-26-27-36-35(28-33)41-39(31-20-10-3-11-21-31)37(29-16-6-1-7-17-29)38(30-18-8-2-9-19-30)40(32-22-12-4-13-23-32)42(41)44(36)34-24-14-5-15-25-34;27-25(28)19-13-14-24-22(16-19)21-11-4-5-12-23(21)26(24)20-10-6-9-18(15-20)17-7-2-1-3-8-17/h1-44H;1-28H;1-16,27-28H. The molecule has 0 unspecified atom stereocenters. The highest BCUT2D eigenvalue weighted by Gasteiger charge is 2.33. The van der Waals surface area contributed by atoms with Gasteiger partial charge >= 0.3 is 7.12 Å². The molecule has 26 aromatic rings. The summed E-state index contributed by atoms with van der Waals surface area (Å²) >= 11 is 3.83. The quantitative estimate of drug-likeness (QED) is 0.0947. The van der Waals surface area contributed by atoms with E-state index in [-0.39, 0.29) is 0 Å². The predicted molar refractivity (Wildman–Crippen MR) is 594 cm³/mol. The van der Waals surface area contributed by atoms with Crippen LogP contribution >= 0.6 is 15.9 Å². The normalized spacial score (nSPS) is 11.4. The summed E-state index contributed by atoms with van der Waals surface area (Å²) in [6.07, 6.45) is 0. The van der Waals surface area contributed by atoms with Crippen molar-refractivity contribution in [3.05, 3.63) is 538 Å². The highest BCUT2D eigenvalue weighted by Crippen LogP contribution is 2.57. The van der Waals surface area contributed by atoms with Gasteiger partial charge < -0.3 is 28.3 Å². The molecule has 0 aliphatic heterocycles. The van der Waals surface area contributed by atoms with E-state index in [0.29, 0.717) is 5.46 Å². The van der Waals surface area contributed by atoms with Crippen molar-refractivity contribution in [2.45, 2.75) is 0 Å². The van der Waals surface area contributed by atoms with Gasteiger partial charge in [0.2, 0.25) is 0 Å². The van der Waals surface area contributed by atoms with E-state index in [9.17, 15) is 10.0 Å². The van der Waals surface area contributed by atoms with Gasteiger partial charge in [-0.25, -0.2) is 0 Å². The van der Waals surface area contributed by atoms with E-state index < -0.39 is 7.12 Å². The lowest BCUT2D eigenvalue weighted by atomic mass is 9.80. The van der Waals surface area contributed by atoms with E-state index in [2.05, 4.69) is 520 Å². The van der Waals surface area contributed by atoms with E-state index in [1.54, 1.807) is 6.07 Å². The Balaban J connectivity index is 0.000000126. The van der Waals surface area contributed by atoms with Crippen LogP contribution in [0.3, 0.4) is 0 Å². The summed E-state index contributed by atoms with van der Waals surface area (Å²) < 4.78 is 10.7. The summed E-state index contributed by atoms with van der Waals surface area (Å²) in [4.78, 5) is 0. The average Bonchev–Trinajstić information content (AvgIpc) is 1.52. The maximum Gasteiger partial charge on any atom is 0.488 e. The topological polar surface area (TPSA) is 60.2 Å². The Kier molecular flexibility index (Phi) is 22.8. The first-order valence-corrected chi connectivity index (χ1v) is 48.4. The molecule has 26 rings (SSSR count). The summed E-state index contributed by atoms with van der Waals surface area (Å²) in [6, 6.07) is 191. The Morgan fingerprint density at radius 3 is 0.757 bits per heavy atom. The van der Waals surface area contributed by atoms with Crippen LogP contribution in [0.1, 0.15) is 0 Å². The van der Waals surface area contributed by atoms with Gasteiger partial charge in [0.1, 0.15) is 0 Å². The Morgan fingerprint density at radius 2 is 0.400 bits per heavy atom. The van der Waals surface area contributed by atoms with Crippen molar-refractivity contribution in [2.75, 3.05) is 0 Å². The number of hydrogen-bond acceptors (Lipinski definition) is 2. The fourth-order valence-electron chi connectivity index (χ4n) is 21.3. The van der Waals surface area contributed by atoms with Crippen molar-refractivity contribution in [3.8, 4) is 145 Å². The van der Waals surface area contributed by atoms with E-state index in [1.807, 2.05) is 42.5 Å². The van der Waals surface area contributed by atoms with Gasteiger partial charge in [-0.15, -0.1) is 0 Å². The van der Waals surface area contributed by atoms with Gasteiger partial charge in [-0.1, -0.05) is 441 Å². The van der Waals surface area contributed by atoms with Gasteiger partial charge in [-0.2, -0.15) is 0 Å². The van der Waals surface area contributed by atoms with Gasteiger partial charge in [-0.05, 0) is 204 Å². The van der Waals surface area contributed by atoms with E-state index in [0.717, 1.165) is 60.1 Å². The van der Waals surface area contributed by atoms with Crippen LogP contribution < -0.4 is 5.46 Å². The second-order valence-corrected chi connectivity index (χ2v) is 36.4. The first-order valence-electron chi connectivity index (χ1n) is 47.6. The van der Waals surface area contributed by atoms with Crippen LogP contribution in [0.5, 0.6) is 0 Å². The van der Waals surface area contributed by atoms with Crippen LogP contribution in [0.4, 0.5) is 0 Å². The molecule has 6 nitrogen and oxygen atoms in total. The molecule has 0 fully saturated rings. The molecule has 0 spiro atoms. The average molecular weight is 1850 g/mol. The maximum absolute atomic E-state index is 9.59. The molecule has 4 aromatic heterocycles. The molecule has 4 heterocycles. The lowest BCUT2D eigenvalue weighted by Gasteiger charge is -2.24. The summed E-state index contributed by atoms with van der Waals surface area (Å²) in [6.45, 7) is 0. The molecule has 8 heteroatoms. The maximum atomic E-state index is 9.59. The van der Waals surface area contributed by atoms with E-state index >= 15 is 0 Å². The van der Waals surface area contributed by atoms with Crippen LogP contribution in [0.2, 0.25) is 0 Å². The van der Waals surface area contributed by atoms with Crippen LogP contribution in [-0.2, 0) is 0 Å². The van der Waals surface area contributed by atoms with Crippen LogP contribution in [0, 0.1) is 0 Å². The van der Waals surface area contributed by atoms with E-state index in [1.165, 1.54) is 177 Å². The molecule has 0 aliphatic carbocycles. The zero-order chi connectivity index (χ0) is 93.5. The van der Waals surface area contributed by atoms with Gasteiger partial charge in [0.15, 0.2) is 0 Å². The molecular formula is C132H90BBrN4O2. The first-order chi connectivity index (χ1) is 69.3. The van der Waals surface area contributed by atoms with Crippen molar-refractivity contribution in [3.63, 3.8) is 0 Å². The number of hydrogen-bond donors (Lipinski definition) is 2. The Hall–Kier alpha value is -17.5. The Labute approximate surface area is 821 Å². The highest BCUT2D eigenvalue weighted by molar-refractivity contribution is 9.10. The molecule has 0 saturated carbocycles. The predicted octanol–water partition coefficient (Wildman–Crippen LogP) is 34.2. The van der Waals surface area contributed by atoms with Crippen molar-refractivity contribution < 1.29 is 10.0 Å². The number of benzene rings is 22. The van der Waals surface area contributed by atoms with Crippen molar-refractivity contribution >= 4 is 116 Å². The number of nitrogens with zero attached hydrogens (tertiary/aromatic N) is 4. The molecule has 660 valence electrons. The number of para-hydroxylation sites is 4. The smallest absolute Gasteiger partial charge is 0.423 e. The third-order valence-electron chi connectivity index (χ3n) is 27.3. The zero-order valence-corrected chi connectivity index (χ0v) is 78.0. The SMILES string of the molecule is Brc1ccc2c(c1)c1c(-c3ccccc3)c(-c3ccccc3)c(-c3ccccc3)c(-c3ccccc3)c1n2-c1ccccc1.OB(O)c1ccc2c(c1)c1ccccc1n2-c1cccc(-c2ccccc2)c1.c1ccc(-c2cccc(-n3c4ccccc4c4cc(-c5ccc6c(c5)c5c(-c7ccccc7)c(-c7ccccc7)c(-c7ccccc7)c(-c7ccccc7)c5n6-c5ccccc5)ccc43)c2)cc1. The molecular weight excluding hydrogens is 1760 g/mol. The molecule has 0 aliphatic rings. The van der Waals surface area contributed by atoms with Gasteiger partial charge in [0, 0.05) is 104 Å². The largest absolute Gasteiger partial charge is 0.488 e. The second kappa shape index (κ2) is 37.3. The summed E-state index contributed by atoms with van der Waals surface area (Å²) in [5.41, 5.74) is 40.5. The Morgan fingerprint density at radius 1 is 0.157 bits per heavy atom. The third kappa shape index (κ3) is 15.6. The highest BCUT2D eigenvalue weighted by atomic mass is 79.9. The van der Waals surface area contributed by atoms with Crippen molar-refractivity contribution in [2.24, 2.45) is 0 Å². The lowest BCUT2D eigenvalue weighted by Crippen LogP contribution is -2.29. The van der Waals surface area contributed by atoms with Crippen molar-refractivity contribution in [1.82, 2.24) is 18.3 Å². The summed E-state index contributed by atoms with van der Waals surface area (Å²) in [7, 11) is -1.48. The number of fused-ring (bicyclic) bond motifs is 12. The van der Waals surface area contributed by atoms with E-state index in [4.69, 9.17) is 0 Å². The zero-order valence-electron chi connectivity index (χ0n) is 76.4. The number of halogens is 1. The number of rotatable bonds is 16. The van der Waals surface area contributed by atoms with Crippen LogP contribution in [0.15, 0.2) is 538 Å².